The molecule has 4 rings (SSSR count). The molecular weight excluding hydrogens is 523 g/mol. The highest BCUT2D eigenvalue weighted by atomic mass is 19.3. The molecule has 0 aromatic heterocycles. The minimum absolute atomic E-state index is 0.252. The highest BCUT2D eigenvalue weighted by molar-refractivity contribution is 5.45. The Bertz CT molecular complexity index is 1370. The Balaban J connectivity index is 1.81. The second kappa shape index (κ2) is 12.6. The molecule has 0 fully saturated rings. The topological polar surface area (TPSA) is 47.3 Å². The minimum Gasteiger partial charge on any atom is -0.452 e. The average Bonchev–Trinajstić information content (AvgIpc) is 2.92. The van der Waals surface area contributed by atoms with E-state index in [1.807, 2.05) is 60.7 Å². The van der Waals surface area contributed by atoms with Gasteiger partial charge in [-0.25, -0.2) is 17.6 Å². The fraction of sp³-hybridized carbons (Fsp3) is 0.250. The van der Waals surface area contributed by atoms with Gasteiger partial charge in [-0.15, -0.1) is 0 Å². The molecule has 210 valence electrons. The van der Waals surface area contributed by atoms with Crippen molar-refractivity contribution >= 4 is 0 Å². The molecule has 0 radical (unpaired) electrons. The van der Waals surface area contributed by atoms with E-state index in [1.54, 1.807) is 12.1 Å². The van der Waals surface area contributed by atoms with Crippen LogP contribution < -0.4 is 15.8 Å². The summed E-state index contributed by atoms with van der Waals surface area (Å²) in [6, 6.07) is 27.7. The van der Waals surface area contributed by atoms with Gasteiger partial charge < -0.3 is 15.8 Å². The highest BCUT2D eigenvalue weighted by Crippen LogP contribution is 2.37. The van der Waals surface area contributed by atoms with Crippen LogP contribution in [0.5, 0.6) is 5.75 Å². The molecule has 4 aromatic rings. The van der Waals surface area contributed by atoms with E-state index in [0.29, 0.717) is 18.9 Å². The van der Waals surface area contributed by atoms with E-state index in [9.17, 15) is 17.6 Å². The fourth-order valence-corrected chi connectivity index (χ4v) is 4.71. The van der Waals surface area contributed by atoms with Crippen molar-refractivity contribution in [2.45, 2.75) is 43.6 Å². The Kier molecular flexibility index (Phi) is 9.22. The molecule has 3 atom stereocenters. The van der Waals surface area contributed by atoms with E-state index in [4.69, 9.17) is 10.5 Å². The first kappa shape index (κ1) is 29.2. The zero-order valence-corrected chi connectivity index (χ0v) is 22.0. The molecule has 0 heterocycles. The maximum absolute atomic E-state index is 15.0. The molecule has 0 amide bonds. The van der Waals surface area contributed by atoms with Crippen LogP contribution in [-0.4, -0.2) is 24.9 Å². The van der Waals surface area contributed by atoms with Crippen LogP contribution in [0.4, 0.5) is 22.0 Å². The van der Waals surface area contributed by atoms with Crippen molar-refractivity contribution < 1.29 is 26.7 Å². The van der Waals surface area contributed by atoms with Gasteiger partial charge in [0.2, 0.25) is 0 Å². The van der Waals surface area contributed by atoms with Gasteiger partial charge in [-0.1, -0.05) is 72.8 Å². The molecule has 40 heavy (non-hydrogen) atoms. The molecule has 0 aliphatic heterocycles. The van der Waals surface area contributed by atoms with Gasteiger partial charge in [-0.05, 0) is 59.4 Å². The lowest BCUT2D eigenvalue weighted by Gasteiger charge is -2.38. The van der Waals surface area contributed by atoms with Crippen LogP contribution in [0.3, 0.4) is 0 Å². The van der Waals surface area contributed by atoms with Crippen LogP contribution in [0.2, 0.25) is 0 Å². The van der Waals surface area contributed by atoms with Gasteiger partial charge in [0.1, 0.15) is 17.4 Å². The Hall–Kier alpha value is -3.75. The number of ether oxygens (including phenoxy) is 1. The monoisotopic (exact) mass is 554 g/mol. The number of alkyl halides is 3. The van der Waals surface area contributed by atoms with Gasteiger partial charge in [0.25, 0.3) is 0 Å². The molecule has 0 aliphatic carbocycles. The predicted octanol–water partition coefficient (Wildman–Crippen LogP) is 6.94. The van der Waals surface area contributed by atoms with Gasteiger partial charge in [-0.3, -0.25) is 0 Å². The van der Waals surface area contributed by atoms with E-state index >= 15 is 4.39 Å². The van der Waals surface area contributed by atoms with Crippen molar-refractivity contribution in [3.8, 4) is 5.75 Å². The van der Waals surface area contributed by atoms with Gasteiger partial charge in [0, 0.05) is 25.6 Å². The van der Waals surface area contributed by atoms with Gasteiger partial charge in [-0.2, -0.15) is 4.39 Å². The molecule has 1 unspecified atom stereocenters. The lowest BCUT2D eigenvalue weighted by molar-refractivity contribution is -0.152. The third-order valence-corrected chi connectivity index (χ3v) is 6.73. The number of nitrogens with two attached hydrogens (primary N) is 1. The lowest BCUT2D eigenvalue weighted by atomic mass is 9.77. The Morgan fingerprint density at radius 1 is 0.775 bits per heavy atom. The van der Waals surface area contributed by atoms with Crippen LogP contribution in [0, 0.1) is 11.6 Å². The number of benzene rings is 4. The molecule has 0 bridgehead atoms. The first-order valence-electron chi connectivity index (χ1n) is 12.9. The summed E-state index contributed by atoms with van der Waals surface area (Å²) in [5, 5.41) is 3.48. The summed E-state index contributed by atoms with van der Waals surface area (Å²) >= 11 is 0. The number of nitrogens with one attached hydrogen (secondary N) is 1. The standard InChI is InChI=1S/C32H31F5N2O/c1-31(37,30(35)36)40-29-18-25(17-27(34)19-29)32(20-23-10-6-3-7-11-23,24-12-14-26(33)15-13-24)39-21-28(38)16-22-8-4-2-5-9-22/h2-15,17-19,28,30,39H,16,20-21,38H2,1H3/t28-,31?,32+/m0/s1. The average molecular weight is 555 g/mol. The third kappa shape index (κ3) is 7.25. The fourth-order valence-electron chi connectivity index (χ4n) is 4.71. The van der Waals surface area contributed by atoms with Crippen molar-refractivity contribution in [1.29, 1.82) is 0 Å². The summed E-state index contributed by atoms with van der Waals surface area (Å²) in [5.41, 5.74) is 8.01. The molecule has 0 saturated carbocycles. The van der Waals surface area contributed by atoms with Crippen molar-refractivity contribution in [2.24, 2.45) is 5.73 Å². The number of rotatable bonds is 12. The molecule has 3 nitrogen and oxygen atoms in total. The Morgan fingerprint density at radius 3 is 1.98 bits per heavy atom. The summed E-state index contributed by atoms with van der Waals surface area (Å²) < 4.78 is 75.0. The third-order valence-electron chi connectivity index (χ3n) is 6.73. The largest absolute Gasteiger partial charge is 0.452 e. The van der Waals surface area contributed by atoms with Crippen molar-refractivity contribution in [1.82, 2.24) is 5.32 Å². The van der Waals surface area contributed by atoms with E-state index in [-0.39, 0.29) is 24.6 Å². The quantitative estimate of drug-likeness (QED) is 0.187. The second-order valence-electron chi connectivity index (χ2n) is 9.97. The lowest BCUT2D eigenvalue weighted by Crippen LogP contribution is -2.50. The van der Waals surface area contributed by atoms with Crippen LogP contribution >= 0.6 is 0 Å². The summed E-state index contributed by atoms with van der Waals surface area (Å²) in [6.07, 6.45) is -2.66. The SMILES string of the molecule is CC(F)(Oc1cc(F)cc([C@](Cc2ccccc2)(NC[C@@H](N)Cc2ccccc2)c2ccc(F)cc2)c1)C(F)F. The van der Waals surface area contributed by atoms with Crippen molar-refractivity contribution in [2.75, 3.05) is 6.54 Å². The molecule has 3 N–H and O–H groups in total. The van der Waals surface area contributed by atoms with Crippen LogP contribution in [-0.2, 0) is 18.4 Å². The normalized spacial score (nSPS) is 15.3. The molecule has 4 aromatic carbocycles. The smallest absolute Gasteiger partial charge is 0.306 e. The Labute approximate surface area is 230 Å². The summed E-state index contributed by atoms with van der Waals surface area (Å²) in [4.78, 5) is 0. The number of hydrogen-bond acceptors (Lipinski definition) is 3. The van der Waals surface area contributed by atoms with Crippen LogP contribution in [0.25, 0.3) is 0 Å². The second-order valence-corrected chi connectivity index (χ2v) is 9.97. The van der Waals surface area contributed by atoms with E-state index in [0.717, 1.165) is 17.2 Å². The van der Waals surface area contributed by atoms with E-state index in [2.05, 4.69) is 5.32 Å². The number of hydrogen-bond donors (Lipinski definition) is 2. The first-order valence-corrected chi connectivity index (χ1v) is 12.9. The molecule has 0 saturated heterocycles. The van der Waals surface area contributed by atoms with Crippen molar-refractivity contribution in [3.05, 3.63) is 137 Å². The maximum Gasteiger partial charge on any atom is 0.306 e. The summed E-state index contributed by atoms with van der Waals surface area (Å²) in [7, 11) is 0. The molecule has 0 aliphatic rings. The molecule has 0 spiro atoms. The Morgan fingerprint density at radius 2 is 1.38 bits per heavy atom. The molecular formula is C32H31F5N2O. The zero-order chi connectivity index (χ0) is 28.8. The van der Waals surface area contributed by atoms with Gasteiger partial charge in [0.05, 0.1) is 5.54 Å². The zero-order valence-electron chi connectivity index (χ0n) is 22.0. The van der Waals surface area contributed by atoms with Crippen LogP contribution in [0.15, 0.2) is 103 Å². The maximum atomic E-state index is 15.0. The van der Waals surface area contributed by atoms with Crippen molar-refractivity contribution in [3.63, 3.8) is 0 Å². The van der Waals surface area contributed by atoms with Gasteiger partial charge >= 0.3 is 12.3 Å². The van der Waals surface area contributed by atoms with E-state index in [1.165, 1.54) is 24.3 Å². The highest BCUT2D eigenvalue weighted by Gasteiger charge is 2.39. The minimum atomic E-state index is -3.46. The predicted molar refractivity (Wildman–Crippen MR) is 146 cm³/mol. The first-order chi connectivity index (χ1) is 19.1. The summed E-state index contributed by atoms with van der Waals surface area (Å²) in [5.74, 6) is -5.02. The van der Waals surface area contributed by atoms with E-state index < -0.39 is 35.2 Å². The summed E-state index contributed by atoms with van der Waals surface area (Å²) in [6.45, 7) is 0.837. The van der Waals surface area contributed by atoms with Gasteiger partial charge in [0.15, 0.2) is 0 Å². The molecule has 8 heteroatoms. The number of halogens is 5. The van der Waals surface area contributed by atoms with Crippen LogP contribution in [0.1, 0.15) is 29.2 Å².